The highest BCUT2D eigenvalue weighted by Gasteiger charge is 2.36. The Morgan fingerprint density at radius 2 is 1.78 bits per heavy atom. The van der Waals surface area contributed by atoms with Crippen LogP contribution in [0.1, 0.15) is 54.6 Å². The van der Waals surface area contributed by atoms with E-state index < -0.39 is 0 Å². The summed E-state index contributed by atoms with van der Waals surface area (Å²) in [5.74, 6) is 1.91. The molecule has 4 heterocycles. The third kappa shape index (κ3) is 5.74. The lowest BCUT2D eigenvalue weighted by atomic mass is 9.73. The standard InChI is InChI=1S/C31H40N4O2/c1-24-20-27(25(2)35(24)29-13-7-9-17-32-29)21-34-18-15-31(16-19-34)14-8-6-11-26-10-4-5-12-28(26)37-22-30(36)33(3)23-31/h4-5,7,9-10,12-13,17,20H,6,8,11,14-16,18-19,21-23H2,1-3H3. The Balaban J connectivity index is 1.25. The molecule has 3 aromatic rings. The minimum Gasteiger partial charge on any atom is -0.483 e. The molecule has 196 valence electrons. The van der Waals surface area contributed by atoms with Gasteiger partial charge in [0.15, 0.2) is 6.61 Å². The Morgan fingerprint density at radius 3 is 2.57 bits per heavy atom. The predicted molar refractivity (Wildman–Crippen MR) is 147 cm³/mol. The Hall–Kier alpha value is -3.12. The Morgan fingerprint density at radius 1 is 1.00 bits per heavy atom. The van der Waals surface area contributed by atoms with Gasteiger partial charge in [-0.05, 0) is 99.8 Å². The number of rotatable bonds is 3. The molecular formula is C31H40N4O2. The van der Waals surface area contributed by atoms with Crippen molar-refractivity contribution >= 4 is 5.91 Å². The summed E-state index contributed by atoms with van der Waals surface area (Å²) in [4.78, 5) is 22.0. The van der Waals surface area contributed by atoms with Crippen LogP contribution in [0.4, 0.5) is 0 Å². The molecule has 0 radical (unpaired) electrons. The molecule has 1 aromatic carbocycles. The first-order valence-corrected chi connectivity index (χ1v) is 13.7. The number of benzene rings is 1. The molecule has 1 saturated heterocycles. The number of hydrogen-bond acceptors (Lipinski definition) is 4. The van der Waals surface area contributed by atoms with Crippen molar-refractivity contribution in [1.82, 2.24) is 19.4 Å². The van der Waals surface area contributed by atoms with Gasteiger partial charge in [-0.1, -0.05) is 30.7 Å². The number of likely N-dealkylation sites (tertiary alicyclic amines) is 1. The van der Waals surface area contributed by atoms with E-state index in [9.17, 15) is 4.79 Å². The average Bonchev–Trinajstić information content (AvgIpc) is 3.19. The summed E-state index contributed by atoms with van der Waals surface area (Å²) in [7, 11) is 1.95. The van der Waals surface area contributed by atoms with E-state index in [-0.39, 0.29) is 17.9 Å². The molecule has 1 spiro atoms. The molecule has 2 aliphatic heterocycles. The third-order valence-corrected chi connectivity index (χ3v) is 8.45. The van der Waals surface area contributed by atoms with Gasteiger partial charge in [-0.15, -0.1) is 0 Å². The molecule has 2 aromatic heterocycles. The first-order valence-electron chi connectivity index (χ1n) is 13.7. The second-order valence-electron chi connectivity index (χ2n) is 11.0. The maximum absolute atomic E-state index is 12.9. The van der Waals surface area contributed by atoms with Crippen molar-refractivity contribution in [3.05, 3.63) is 77.2 Å². The van der Waals surface area contributed by atoms with Crippen LogP contribution in [0.2, 0.25) is 0 Å². The van der Waals surface area contributed by atoms with Crippen LogP contribution in [-0.4, -0.2) is 58.5 Å². The van der Waals surface area contributed by atoms with Crippen LogP contribution in [0.5, 0.6) is 5.75 Å². The number of carbonyl (C=O) groups excluding carboxylic acids is 1. The number of aromatic nitrogens is 2. The number of ether oxygens (including phenoxy) is 1. The molecule has 0 bridgehead atoms. The van der Waals surface area contributed by atoms with Gasteiger partial charge in [-0.25, -0.2) is 4.98 Å². The fourth-order valence-electron chi connectivity index (χ4n) is 6.25. The van der Waals surface area contributed by atoms with Crippen molar-refractivity contribution in [3.8, 4) is 11.6 Å². The molecule has 5 rings (SSSR count). The summed E-state index contributed by atoms with van der Waals surface area (Å²) < 4.78 is 8.21. The molecule has 0 unspecified atom stereocenters. The van der Waals surface area contributed by atoms with E-state index in [2.05, 4.69) is 52.6 Å². The number of amides is 1. The Labute approximate surface area is 221 Å². The van der Waals surface area contributed by atoms with Gasteiger partial charge in [-0.3, -0.25) is 9.69 Å². The number of nitrogens with zero attached hydrogens (tertiary/aromatic N) is 4. The molecule has 6 heteroatoms. The molecule has 37 heavy (non-hydrogen) atoms. The number of likely N-dealkylation sites (N-methyl/N-ethyl adjacent to an activating group) is 1. The second kappa shape index (κ2) is 11.1. The smallest absolute Gasteiger partial charge is 0.260 e. The van der Waals surface area contributed by atoms with E-state index in [1.54, 1.807) is 0 Å². The van der Waals surface area contributed by atoms with E-state index in [1.807, 2.05) is 42.4 Å². The summed E-state index contributed by atoms with van der Waals surface area (Å²) in [5.41, 5.74) is 5.27. The van der Waals surface area contributed by atoms with Gasteiger partial charge >= 0.3 is 0 Å². The zero-order chi connectivity index (χ0) is 25.8. The quantitative estimate of drug-likeness (QED) is 0.487. The predicted octanol–water partition coefficient (Wildman–Crippen LogP) is 5.34. The highest BCUT2D eigenvalue weighted by atomic mass is 16.5. The minimum absolute atomic E-state index is 0.0687. The van der Waals surface area contributed by atoms with Crippen LogP contribution in [0.3, 0.4) is 0 Å². The first-order chi connectivity index (χ1) is 17.9. The van der Waals surface area contributed by atoms with Gasteiger partial charge in [-0.2, -0.15) is 0 Å². The van der Waals surface area contributed by atoms with Crippen LogP contribution < -0.4 is 4.74 Å². The van der Waals surface area contributed by atoms with Crippen molar-refractivity contribution in [3.63, 3.8) is 0 Å². The van der Waals surface area contributed by atoms with Gasteiger partial charge in [0.05, 0.1) is 0 Å². The van der Waals surface area contributed by atoms with Crippen molar-refractivity contribution in [2.75, 3.05) is 33.3 Å². The van der Waals surface area contributed by atoms with Gasteiger partial charge in [0.25, 0.3) is 5.91 Å². The van der Waals surface area contributed by atoms with Crippen LogP contribution in [0.15, 0.2) is 54.7 Å². The zero-order valence-corrected chi connectivity index (χ0v) is 22.6. The summed E-state index contributed by atoms with van der Waals surface area (Å²) in [6.07, 6.45) is 8.63. The summed E-state index contributed by atoms with van der Waals surface area (Å²) in [6.45, 7) is 8.39. The molecule has 0 N–H and O–H groups in total. The molecule has 0 saturated carbocycles. The molecule has 0 aliphatic carbocycles. The van der Waals surface area contributed by atoms with E-state index in [4.69, 9.17) is 4.74 Å². The molecule has 1 amide bonds. The zero-order valence-electron chi connectivity index (χ0n) is 22.6. The molecule has 2 aliphatic rings. The highest BCUT2D eigenvalue weighted by Crippen LogP contribution is 2.39. The van der Waals surface area contributed by atoms with Crippen LogP contribution in [-0.2, 0) is 17.8 Å². The number of pyridine rings is 1. The number of aryl methyl sites for hydroxylation is 2. The number of hydrogen-bond donors (Lipinski definition) is 0. The van der Waals surface area contributed by atoms with Crippen LogP contribution >= 0.6 is 0 Å². The molecular weight excluding hydrogens is 460 g/mol. The van der Waals surface area contributed by atoms with Gasteiger partial charge < -0.3 is 14.2 Å². The topological polar surface area (TPSA) is 50.6 Å². The molecule has 6 nitrogen and oxygen atoms in total. The number of para-hydroxylation sites is 1. The van der Waals surface area contributed by atoms with E-state index in [0.717, 1.165) is 63.4 Å². The molecule has 0 atom stereocenters. The number of carbonyl (C=O) groups is 1. The lowest BCUT2D eigenvalue weighted by molar-refractivity contribution is -0.134. The molecule has 1 fully saturated rings. The summed E-state index contributed by atoms with van der Waals surface area (Å²) in [6, 6.07) is 16.6. The number of fused-ring (bicyclic) bond motifs is 1. The second-order valence-corrected chi connectivity index (χ2v) is 11.0. The van der Waals surface area contributed by atoms with E-state index in [1.165, 1.54) is 35.4 Å². The van der Waals surface area contributed by atoms with E-state index >= 15 is 0 Å². The normalized spacial score (nSPS) is 19.1. The van der Waals surface area contributed by atoms with Gasteiger partial charge in [0, 0.05) is 37.7 Å². The maximum Gasteiger partial charge on any atom is 0.260 e. The van der Waals surface area contributed by atoms with Gasteiger partial charge in [0.2, 0.25) is 0 Å². The monoisotopic (exact) mass is 500 g/mol. The average molecular weight is 501 g/mol. The lowest BCUT2D eigenvalue weighted by Crippen LogP contribution is -2.47. The highest BCUT2D eigenvalue weighted by molar-refractivity contribution is 5.77. The third-order valence-electron chi connectivity index (χ3n) is 8.45. The van der Waals surface area contributed by atoms with Crippen molar-refractivity contribution < 1.29 is 9.53 Å². The fourth-order valence-corrected chi connectivity index (χ4v) is 6.25. The van der Waals surface area contributed by atoms with Crippen molar-refractivity contribution in [2.45, 2.75) is 58.9 Å². The van der Waals surface area contributed by atoms with Crippen molar-refractivity contribution in [2.24, 2.45) is 5.41 Å². The maximum atomic E-state index is 12.9. The van der Waals surface area contributed by atoms with Gasteiger partial charge in [0.1, 0.15) is 11.6 Å². The Kier molecular flexibility index (Phi) is 7.65. The number of piperidine rings is 1. The minimum atomic E-state index is 0.0687. The lowest BCUT2D eigenvalue weighted by Gasteiger charge is -2.44. The van der Waals surface area contributed by atoms with E-state index in [0.29, 0.717) is 0 Å². The summed E-state index contributed by atoms with van der Waals surface area (Å²) in [5, 5.41) is 0. The van der Waals surface area contributed by atoms with Crippen molar-refractivity contribution in [1.29, 1.82) is 0 Å². The summed E-state index contributed by atoms with van der Waals surface area (Å²) >= 11 is 0. The first kappa shape index (κ1) is 25.5. The fraction of sp³-hybridized carbons (Fsp3) is 0.484. The Bertz CT molecular complexity index is 1210. The largest absolute Gasteiger partial charge is 0.483 e. The van der Waals surface area contributed by atoms with Crippen LogP contribution in [0.25, 0.3) is 5.82 Å². The van der Waals surface area contributed by atoms with Crippen LogP contribution in [0, 0.1) is 19.3 Å². The SMILES string of the molecule is Cc1cc(CN2CCC3(CCCCc4ccccc4OCC(=O)N(C)C3)CC2)c(C)n1-c1ccccn1.